The van der Waals surface area contributed by atoms with Gasteiger partial charge < -0.3 is 24.5 Å². The van der Waals surface area contributed by atoms with Gasteiger partial charge in [0, 0.05) is 6.61 Å². The highest BCUT2D eigenvalue weighted by Crippen LogP contribution is 2.09. The fraction of sp³-hybridized carbons (Fsp3) is 1.00. The molecule has 5 N–H and O–H groups in total. The Morgan fingerprint density at radius 2 is 1.15 bits per heavy atom. The van der Waals surface area contributed by atoms with Crippen molar-refractivity contribution in [1.29, 1.82) is 0 Å². The molecule has 0 saturated heterocycles. The third-order valence-corrected chi connectivity index (χ3v) is 3.57. The van der Waals surface area contributed by atoms with Crippen LogP contribution in [0.3, 0.4) is 0 Å². The predicted octanol–water partition coefficient (Wildman–Crippen LogP) is 2.30. The smallest absolute Gasteiger partial charge is 0.368 e. The normalized spacial score (nSPS) is 11.1. The first kappa shape index (κ1) is 22.3. The van der Waals surface area contributed by atoms with Gasteiger partial charge in [0.05, 0.1) is 0 Å². The third-order valence-electron chi connectivity index (χ3n) is 2.90. The van der Waals surface area contributed by atoms with Crippen LogP contribution in [0.5, 0.6) is 0 Å². The van der Waals surface area contributed by atoms with Crippen LogP contribution in [0, 0.1) is 0 Å². The molecular formula is C14H35NO4Si. The van der Waals surface area contributed by atoms with Gasteiger partial charge >= 0.3 is 9.05 Å². The summed E-state index contributed by atoms with van der Waals surface area (Å²) in [5.74, 6) is 0. The average Bonchev–Trinajstić information content (AvgIpc) is 2.36. The number of rotatable bonds is 12. The van der Waals surface area contributed by atoms with Crippen LogP contribution < -0.4 is 5.73 Å². The summed E-state index contributed by atoms with van der Waals surface area (Å²) in [4.78, 5) is 24.1. The highest BCUT2D eigenvalue weighted by atomic mass is 28.4. The van der Waals surface area contributed by atoms with Gasteiger partial charge in [-0.25, -0.2) is 0 Å². The highest BCUT2D eigenvalue weighted by molar-refractivity contribution is 6.48. The number of nitrogens with two attached hydrogens (primary N) is 1. The van der Waals surface area contributed by atoms with Crippen molar-refractivity contribution in [3.8, 4) is 0 Å². The highest BCUT2D eigenvalue weighted by Gasteiger charge is 2.29. The van der Waals surface area contributed by atoms with Gasteiger partial charge in [0.25, 0.3) is 0 Å². The molecule has 0 atom stereocenters. The van der Waals surface area contributed by atoms with E-state index >= 15 is 0 Å². The van der Waals surface area contributed by atoms with E-state index in [1.807, 2.05) is 0 Å². The second-order valence-electron chi connectivity index (χ2n) is 4.98. The Bertz CT molecular complexity index is 167. The van der Waals surface area contributed by atoms with Crippen LogP contribution >= 0.6 is 0 Å². The van der Waals surface area contributed by atoms with E-state index < -0.39 is 9.05 Å². The van der Waals surface area contributed by atoms with Crippen molar-refractivity contribution < 1.29 is 18.8 Å². The van der Waals surface area contributed by atoms with Gasteiger partial charge in [-0.3, -0.25) is 0 Å². The molecular weight excluding hydrogens is 274 g/mol. The number of hydrogen-bond acceptors (Lipinski definition) is 5. The van der Waals surface area contributed by atoms with Gasteiger partial charge in [0.15, 0.2) is 0 Å². The van der Waals surface area contributed by atoms with Crippen LogP contribution in [0.25, 0.3) is 0 Å². The molecule has 20 heavy (non-hydrogen) atoms. The molecule has 0 aliphatic rings. The molecule has 0 bridgehead atoms. The lowest BCUT2D eigenvalue weighted by Crippen LogP contribution is -2.38. The Morgan fingerprint density at radius 3 is 1.40 bits per heavy atom. The Balaban J connectivity index is 0. The van der Waals surface area contributed by atoms with Crippen LogP contribution in [-0.4, -0.2) is 36.6 Å². The molecule has 0 aromatic rings. The van der Waals surface area contributed by atoms with Crippen LogP contribution in [0.1, 0.15) is 78.1 Å². The Kier molecular flexibility index (Phi) is 19.0. The fourth-order valence-corrected chi connectivity index (χ4v) is 2.21. The third kappa shape index (κ3) is 26.6. The van der Waals surface area contributed by atoms with Gasteiger partial charge in [-0.05, 0) is 19.9 Å². The topological polar surface area (TPSA) is 95.9 Å². The molecule has 0 radical (unpaired) electrons. The van der Waals surface area contributed by atoms with Crippen LogP contribution in [0.15, 0.2) is 0 Å². The molecule has 5 nitrogen and oxygen atoms in total. The zero-order valence-electron chi connectivity index (χ0n) is 13.3. The first-order chi connectivity index (χ1) is 9.47. The van der Waals surface area contributed by atoms with E-state index in [4.69, 9.17) is 20.1 Å². The molecule has 0 aliphatic carbocycles. The largest absolute Gasteiger partial charge is 0.671 e. The van der Waals surface area contributed by atoms with Gasteiger partial charge in [-0.2, -0.15) is 0 Å². The van der Waals surface area contributed by atoms with E-state index in [-0.39, 0.29) is 6.61 Å². The lowest BCUT2D eigenvalue weighted by Gasteiger charge is -2.05. The van der Waals surface area contributed by atoms with Crippen LogP contribution in [0.4, 0.5) is 0 Å². The molecule has 0 aliphatic heterocycles. The summed E-state index contributed by atoms with van der Waals surface area (Å²) in [5, 5.41) is 0. The average molecular weight is 310 g/mol. The van der Waals surface area contributed by atoms with Gasteiger partial charge in [-0.15, -0.1) is 0 Å². The van der Waals surface area contributed by atoms with Crippen molar-refractivity contribution in [2.45, 2.75) is 78.1 Å². The van der Waals surface area contributed by atoms with Crippen molar-refractivity contribution in [2.24, 2.45) is 5.73 Å². The standard InChI is InChI=1S/C12H27N.C2H8O4Si/c1-2-3-4-5-6-7-8-9-10-11-12-13;1-2-6-7(3,4)5/h2-13H2,1H3;3-5H,2H2,1H3. The lowest BCUT2D eigenvalue weighted by molar-refractivity contribution is 0.0687. The first-order valence-electron chi connectivity index (χ1n) is 7.99. The summed E-state index contributed by atoms with van der Waals surface area (Å²) in [6.45, 7) is 4.82. The Labute approximate surface area is 125 Å². The maximum atomic E-state index is 8.05. The Morgan fingerprint density at radius 1 is 0.750 bits per heavy atom. The zero-order valence-corrected chi connectivity index (χ0v) is 14.3. The maximum absolute atomic E-state index is 8.05. The zero-order chi connectivity index (χ0) is 15.7. The molecule has 0 unspecified atom stereocenters. The predicted molar refractivity (Wildman–Crippen MR) is 84.9 cm³/mol. The van der Waals surface area contributed by atoms with E-state index in [1.165, 1.54) is 64.2 Å². The van der Waals surface area contributed by atoms with E-state index in [2.05, 4.69) is 11.3 Å². The van der Waals surface area contributed by atoms with Crippen LogP contribution in [-0.2, 0) is 4.43 Å². The molecule has 0 rings (SSSR count). The summed E-state index contributed by atoms with van der Waals surface area (Å²) in [5.41, 5.74) is 5.42. The molecule has 0 amide bonds. The minimum Gasteiger partial charge on any atom is -0.368 e. The minimum atomic E-state index is -4.16. The van der Waals surface area contributed by atoms with E-state index in [0.717, 1.165) is 6.54 Å². The number of unbranched alkanes of at least 4 members (excludes halogenated alkanes) is 9. The van der Waals surface area contributed by atoms with Crippen molar-refractivity contribution >= 4 is 9.05 Å². The maximum Gasteiger partial charge on any atom is 0.671 e. The molecule has 0 heterocycles. The molecule has 0 spiro atoms. The second-order valence-corrected chi connectivity index (χ2v) is 6.41. The summed E-state index contributed by atoms with van der Waals surface area (Å²) >= 11 is 0. The Hall–Kier alpha value is 0.0169. The van der Waals surface area contributed by atoms with Crippen LogP contribution in [0.2, 0.25) is 0 Å². The summed E-state index contributed by atoms with van der Waals surface area (Å²) < 4.78 is 4.03. The minimum absolute atomic E-state index is 0.121. The van der Waals surface area contributed by atoms with E-state index in [1.54, 1.807) is 6.92 Å². The summed E-state index contributed by atoms with van der Waals surface area (Å²) in [6, 6.07) is 0. The van der Waals surface area contributed by atoms with Gasteiger partial charge in [-0.1, -0.05) is 64.7 Å². The summed E-state index contributed by atoms with van der Waals surface area (Å²) in [6.07, 6.45) is 13.9. The van der Waals surface area contributed by atoms with Crippen molar-refractivity contribution in [2.75, 3.05) is 13.2 Å². The molecule has 124 valence electrons. The molecule has 6 heteroatoms. The molecule has 0 saturated carbocycles. The second kappa shape index (κ2) is 17.1. The van der Waals surface area contributed by atoms with E-state index in [9.17, 15) is 0 Å². The van der Waals surface area contributed by atoms with E-state index in [0.29, 0.717) is 0 Å². The SMILES string of the molecule is CCCCCCCCCCCCN.CCO[Si](O)(O)O. The van der Waals surface area contributed by atoms with Gasteiger partial charge in [0.2, 0.25) is 0 Å². The van der Waals surface area contributed by atoms with Gasteiger partial charge in [0.1, 0.15) is 0 Å². The molecule has 0 aromatic carbocycles. The monoisotopic (exact) mass is 309 g/mol. The first-order valence-corrected chi connectivity index (χ1v) is 9.74. The molecule has 0 fully saturated rings. The quantitative estimate of drug-likeness (QED) is 0.328. The fourth-order valence-electron chi connectivity index (χ4n) is 1.83. The van der Waals surface area contributed by atoms with Crippen molar-refractivity contribution in [3.63, 3.8) is 0 Å². The number of hydrogen-bond donors (Lipinski definition) is 4. The lowest BCUT2D eigenvalue weighted by atomic mass is 10.1. The van der Waals surface area contributed by atoms with Crippen molar-refractivity contribution in [1.82, 2.24) is 0 Å². The summed E-state index contributed by atoms with van der Waals surface area (Å²) in [7, 11) is -4.16. The van der Waals surface area contributed by atoms with Crippen molar-refractivity contribution in [3.05, 3.63) is 0 Å². The molecule has 0 aromatic heterocycles.